The van der Waals surface area contributed by atoms with Gasteiger partial charge >= 0.3 is 0 Å². The highest BCUT2D eigenvalue weighted by atomic mass is 19.1. The maximum absolute atomic E-state index is 13.1. The maximum Gasteiger partial charge on any atom is 0.125 e. The number of aliphatic hydroxyl groups is 1. The maximum atomic E-state index is 13.1. The summed E-state index contributed by atoms with van der Waals surface area (Å²) in [5.41, 5.74) is 0.405. The summed E-state index contributed by atoms with van der Waals surface area (Å²) in [6.45, 7) is 3.61. The van der Waals surface area contributed by atoms with Gasteiger partial charge in [-0.05, 0) is 37.5 Å². The van der Waals surface area contributed by atoms with Crippen molar-refractivity contribution in [1.29, 1.82) is 0 Å². The minimum Gasteiger partial charge on any atom is -0.390 e. The van der Waals surface area contributed by atoms with E-state index in [1.807, 2.05) is 13.0 Å². The lowest BCUT2D eigenvalue weighted by Crippen LogP contribution is -2.44. The number of hydrogen-bond acceptors (Lipinski definition) is 2. The van der Waals surface area contributed by atoms with Crippen molar-refractivity contribution in [3.8, 4) is 0 Å². The number of rotatable bonds is 2. The molecule has 0 aliphatic carbocycles. The van der Waals surface area contributed by atoms with Gasteiger partial charge in [0.15, 0.2) is 0 Å². The molecule has 0 radical (unpaired) electrons. The summed E-state index contributed by atoms with van der Waals surface area (Å²) in [5, 5.41) is 10.1. The van der Waals surface area contributed by atoms with Crippen molar-refractivity contribution in [3.05, 3.63) is 30.1 Å². The van der Waals surface area contributed by atoms with Crippen LogP contribution in [0.25, 0.3) is 0 Å². The third kappa shape index (κ3) is 2.35. The van der Waals surface area contributed by atoms with Crippen LogP contribution in [0.15, 0.2) is 24.3 Å². The Balaban J connectivity index is 2.04. The molecule has 0 spiro atoms. The second kappa shape index (κ2) is 4.42. The summed E-state index contributed by atoms with van der Waals surface area (Å²) in [6, 6.07) is 6.65. The van der Waals surface area contributed by atoms with Gasteiger partial charge < -0.3 is 10.0 Å². The molecule has 1 heterocycles. The van der Waals surface area contributed by atoms with E-state index in [0.717, 1.165) is 38.0 Å². The fraction of sp³-hybridized carbons (Fsp3) is 0.538. The molecule has 0 atom stereocenters. The van der Waals surface area contributed by atoms with Gasteiger partial charge in [0.25, 0.3) is 0 Å². The standard InChI is InChI=1S/C13H18FNO/c1-2-13(16)6-8-15(9-7-13)12-5-3-4-11(14)10-12/h3-5,10,16H,2,6-9H2,1H3. The summed E-state index contributed by atoms with van der Waals surface area (Å²) < 4.78 is 13.1. The molecule has 0 unspecified atom stereocenters. The molecule has 1 aromatic rings. The fourth-order valence-electron chi connectivity index (χ4n) is 2.21. The van der Waals surface area contributed by atoms with Gasteiger partial charge in [0, 0.05) is 18.8 Å². The second-order valence-corrected chi connectivity index (χ2v) is 4.54. The molecule has 1 aliphatic heterocycles. The minimum atomic E-state index is -0.510. The molecule has 1 saturated heterocycles. The Morgan fingerprint density at radius 1 is 1.38 bits per heavy atom. The Morgan fingerprint density at radius 3 is 2.62 bits per heavy atom. The van der Waals surface area contributed by atoms with E-state index in [1.54, 1.807) is 12.1 Å². The lowest BCUT2D eigenvalue weighted by Gasteiger charge is -2.38. The molecular formula is C13H18FNO. The van der Waals surface area contributed by atoms with Crippen LogP contribution in [0.5, 0.6) is 0 Å². The van der Waals surface area contributed by atoms with Crippen molar-refractivity contribution in [1.82, 2.24) is 0 Å². The number of hydrogen-bond donors (Lipinski definition) is 1. The Bertz CT molecular complexity index is 359. The summed E-state index contributed by atoms with van der Waals surface area (Å²) in [4.78, 5) is 2.13. The molecule has 2 rings (SSSR count). The van der Waals surface area contributed by atoms with Gasteiger partial charge in [-0.2, -0.15) is 0 Å². The largest absolute Gasteiger partial charge is 0.390 e. The van der Waals surface area contributed by atoms with Crippen molar-refractivity contribution >= 4 is 5.69 Å². The van der Waals surface area contributed by atoms with Gasteiger partial charge in [-0.15, -0.1) is 0 Å². The van der Waals surface area contributed by atoms with E-state index in [4.69, 9.17) is 0 Å². The van der Waals surface area contributed by atoms with Crippen molar-refractivity contribution < 1.29 is 9.50 Å². The van der Waals surface area contributed by atoms with Gasteiger partial charge in [-0.3, -0.25) is 0 Å². The number of nitrogens with zero attached hydrogens (tertiary/aromatic N) is 1. The highest BCUT2D eigenvalue weighted by Crippen LogP contribution is 2.28. The molecule has 1 aromatic carbocycles. The third-order valence-electron chi connectivity index (χ3n) is 3.53. The van der Waals surface area contributed by atoms with Gasteiger partial charge in [-0.25, -0.2) is 4.39 Å². The average Bonchev–Trinajstić information content (AvgIpc) is 2.30. The number of halogens is 1. The van der Waals surface area contributed by atoms with Crippen LogP contribution in [-0.4, -0.2) is 23.8 Å². The summed E-state index contributed by atoms with van der Waals surface area (Å²) >= 11 is 0. The molecule has 1 N–H and O–H groups in total. The van der Waals surface area contributed by atoms with E-state index >= 15 is 0 Å². The SMILES string of the molecule is CCC1(O)CCN(c2cccc(F)c2)CC1. The Hall–Kier alpha value is -1.09. The number of piperidine rings is 1. The van der Waals surface area contributed by atoms with Crippen molar-refractivity contribution in [2.24, 2.45) is 0 Å². The molecule has 0 aromatic heterocycles. The van der Waals surface area contributed by atoms with E-state index in [0.29, 0.717) is 0 Å². The normalized spacial score (nSPS) is 19.8. The van der Waals surface area contributed by atoms with E-state index in [-0.39, 0.29) is 5.82 Å². The highest BCUT2D eigenvalue weighted by molar-refractivity contribution is 5.46. The average molecular weight is 223 g/mol. The van der Waals surface area contributed by atoms with Crippen molar-refractivity contribution in [3.63, 3.8) is 0 Å². The predicted molar refractivity (Wildman–Crippen MR) is 63.1 cm³/mol. The molecule has 3 heteroatoms. The smallest absolute Gasteiger partial charge is 0.125 e. The molecule has 0 bridgehead atoms. The van der Waals surface area contributed by atoms with Crippen LogP contribution in [0.3, 0.4) is 0 Å². The lowest BCUT2D eigenvalue weighted by molar-refractivity contribution is 0.0126. The Morgan fingerprint density at radius 2 is 2.06 bits per heavy atom. The highest BCUT2D eigenvalue weighted by Gasteiger charge is 2.30. The van der Waals surface area contributed by atoms with Gasteiger partial charge in [0.05, 0.1) is 5.60 Å². The van der Waals surface area contributed by atoms with E-state index in [9.17, 15) is 9.50 Å². The van der Waals surface area contributed by atoms with Gasteiger partial charge in [0.1, 0.15) is 5.82 Å². The summed E-state index contributed by atoms with van der Waals surface area (Å²) in [6.07, 6.45) is 2.32. The van der Waals surface area contributed by atoms with Crippen LogP contribution in [0, 0.1) is 5.82 Å². The second-order valence-electron chi connectivity index (χ2n) is 4.54. The van der Waals surface area contributed by atoms with E-state index in [1.165, 1.54) is 6.07 Å². The molecule has 0 amide bonds. The van der Waals surface area contributed by atoms with Crippen molar-refractivity contribution in [2.75, 3.05) is 18.0 Å². The first kappa shape index (κ1) is 11.4. The van der Waals surface area contributed by atoms with Crippen molar-refractivity contribution in [2.45, 2.75) is 31.8 Å². The number of benzene rings is 1. The van der Waals surface area contributed by atoms with Crippen LogP contribution < -0.4 is 4.90 Å². The zero-order valence-electron chi connectivity index (χ0n) is 9.62. The first-order valence-electron chi connectivity index (χ1n) is 5.86. The molecular weight excluding hydrogens is 205 g/mol. The summed E-state index contributed by atoms with van der Waals surface area (Å²) in [5.74, 6) is -0.200. The molecule has 16 heavy (non-hydrogen) atoms. The van der Waals surface area contributed by atoms with Gasteiger partial charge in [-0.1, -0.05) is 13.0 Å². The molecule has 2 nitrogen and oxygen atoms in total. The minimum absolute atomic E-state index is 0.200. The molecule has 88 valence electrons. The molecule has 1 aliphatic rings. The molecule has 1 fully saturated rings. The predicted octanol–water partition coefficient (Wildman–Crippen LogP) is 2.57. The number of anilines is 1. The first-order chi connectivity index (χ1) is 7.63. The quantitative estimate of drug-likeness (QED) is 0.833. The fourth-order valence-corrected chi connectivity index (χ4v) is 2.21. The lowest BCUT2D eigenvalue weighted by atomic mass is 9.89. The zero-order chi connectivity index (χ0) is 11.6. The van der Waals surface area contributed by atoms with Crippen LogP contribution in [0.1, 0.15) is 26.2 Å². The third-order valence-corrected chi connectivity index (χ3v) is 3.53. The van der Waals surface area contributed by atoms with Crippen LogP contribution in [0.4, 0.5) is 10.1 Å². The Labute approximate surface area is 95.7 Å². The van der Waals surface area contributed by atoms with Crippen LogP contribution in [0.2, 0.25) is 0 Å². The summed E-state index contributed by atoms with van der Waals surface area (Å²) in [7, 11) is 0. The van der Waals surface area contributed by atoms with E-state index < -0.39 is 5.60 Å². The topological polar surface area (TPSA) is 23.5 Å². The zero-order valence-corrected chi connectivity index (χ0v) is 9.62. The first-order valence-corrected chi connectivity index (χ1v) is 5.86. The monoisotopic (exact) mass is 223 g/mol. The Kier molecular flexibility index (Phi) is 3.15. The van der Waals surface area contributed by atoms with E-state index in [2.05, 4.69) is 4.90 Å². The van der Waals surface area contributed by atoms with Crippen LogP contribution >= 0.6 is 0 Å². The van der Waals surface area contributed by atoms with Gasteiger partial charge in [0.2, 0.25) is 0 Å². The van der Waals surface area contributed by atoms with Crippen LogP contribution in [-0.2, 0) is 0 Å². The molecule has 0 saturated carbocycles.